The van der Waals surface area contributed by atoms with E-state index in [1.54, 1.807) is 0 Å². The van der Waals surface area contributed by atoms with Crippen LogP contribution in [0.2, 0.25) is 0 Å². The van der Waals surface area contributed by atoms with Crippen molar-refractivity contribution in [2.24, 2.45) is 0 Å². The highest BCUT2D eigenvalue weighted by Gasteiger charge is 2.27. The summed E-state index contributed by atoms with van der Waals surface area (Å²) in [6.07, 6.45) is 2.90. The number of hydrogen-bond donors (Lipinski definition) is 2. The molecule has 2 N–H and O–H groups in total. The molecule has 9 heteroatoms. The van der Waals surface area contributed by atoms with Crippen LogP contribution in [0.4, 0.5) is 5.69 Å². The van der Waals surface area contributed by atoms with Gasteiger partial charge in [-0.05, 0) is 104 Å². The number of carbonyl (C=O) groups is 1. The minimum Gasteiger partial charge on any atom is -0.487 e. The molecule has 0 unspecified atom stereocenters. The smallest absolute Gasteiger partial charge is 0.260 e. The predicted octanol–water partition coefficient (Wildman–Crippen LogP) is 6.52. The van der Waals surface area contributed by atoms with E-state index in [0.717, 1.165) is 48.5 Å². The number of nitrogens with one attached hydrogen (secondary N) is 2. The number of amides is 1. The number of halogens is 2. The molecule has 5 rings (SSSR count). The van der Waals surface area contributed by atoms with Crippen LogP contribution in [-0.2, 0) is 17.8 Å². The van der Waals surface area contributed by atoms with Crippen LogP contribution < -0.4 is 24.8 Å². The lowest BCUT2D eigenvalue weighted by molar-refractivity contribution is -0.116. The van der Waals surface area contributed by atoms with Crippen LogP contribution in [-0.4, -0.2) is 18.2 Å². The topological polar surface area (TPSA) is 68.8 Å². The van der Waals surface area contributed by atoms with Crippen LogP contribution in [0, 0.1) is 3.57 Å². The molecular formula is C26H22BrIN2O4S. The fourth-order valence-electron chi connectivity index (χ4n) is 3.69. The molecule has 2 aliphatic heterocycles. The van der Waals surface area contributed by atoms with Crippen LogP contribution in [0.1, 0.15) is 23.6 Å². The van der Waals surface area contributed by atoms with Gasteiger partial charge in [0.1, 0.15) is 12.4 Å². The highest BCUT2D eigenvalue weighted by Crippen LogP contribution is 2.37. The normalized spacial score (nSPS) is 17.5. The van der Waals surface area contributed by atoms with Gasteiger partial charge in [-0.2, -0.15) is 0 Å². The first-order valence-electron chi connectivity index (χ1n) is 11.0. The van der Waals surface area contributed by atoms with E-state index in [1.807, 2.05) is 48.5 Å². The SMILES string of the molecule is CCc1ccc(N[C@@H]2NC(=O)/C(=C/c3cc(Br)c(OCc4ccc5c(c4)OCO5)c(I)c3)S2)cc1. The van der Waals surface area contributed by atoms with Crippen LogP contribution in [0.15, 0.2) is 64.0 Å². The summed E-state index contributed by atoms with van der Waals surface area (Å²) in [4.78, 5) is 13.2. The van der Waals surface area contributed by atoms with E-state index < -0.39 is 0 Å². The number of aryl methyl sites for hydroxylation is 1. The van der Waals surface area contributed by atoms with Crippen molar-refractivity contribution < 1.29 is 19.0 Å². The number of fused-ring (bicyclic) bond motifs is 1. The largest absolute Gasteiger partial charge is 0.487 e. The quantitative estimate of drug-likeness (QED) is 0.221. The van der Waals surface area contributed by atoms with Crippen molar-refractivity contribution in [1.29, 1.82) is 0 Å². The first-order valence-corrected chi connectivity index (χ1v) is 13.8. The van der Waals surface area contributed by atoms with E-state index in [4.69, 9.17) is 14.2 Å². The lowest BCUT2D eigenvalue weighted by Gasteiger charge is -2.13. The number of rotatable bonds is 7. The van der Waals surface area contributed by atoms with Crippen molar-refractivity contribution >= 4 is 68.0 Å². The molecule has 0 spiro atoms. The van der Waals surface area contributed by atoms with Gasteiger partial charge < -0.3 is 24.8 Å². The molecule has 2 heterocycles. The second-order valence-corrected chi connectivity index (χ2v) is 11.1. The van der Waals surface area contributed by atoms with Crippen molar-refractivity contribution in [2.45, 2.75) is 25.4 Å². The summed E-state index contributed by atoms with van der Waals surface area (Å²) in [7, 11) is 0. The van der Waals surface area contributed by atoms with Gasteiger partial charge in [-0.25, -0.2) is 0 Å². The highest BCUT2D eigenvalue weighted by molar-refractivity contribution is 14.1. The Morgan fingerprint density at radius 3 is 2.69 bits per heavy atom. The molecule has 0 radical (unpaired) electrons. The summed E-state index contributed by atoms with van der Waals surface area (Å²) in [6, 6.07) is 18.0. The van der Waals surface area contributed by atoms with Gasteiger partial charge in [0, 0.05) is 5.69 Å². The zero-order valence-electron chi connectivity index (χ0n) is 18.8. The van der Waals surface area contributed by atoms with Crippen LogP contribution in [0.5, 0.6) is 17.2 Å². The molecule has 0 saturated carbocycles. The Kier molecular flexibility index (Phi) is 7.45. The maximum Gasteiger partial charge on any atom is 0.260 e. The Bertz CT molecular complexity index is 1280. The average molecular weight is 665 g/mol. The first-order chi connectivity index (χ1) is 17.0. The molecule has 1 fully saturated rings. The van der Waals surface area contributed by atoms with Crippen LogP contribution >= 0.6 is 50.3 Å². The number of ether oxygens (including phenoxy) is 3. The molecule has 1 saturated heterocycles. The van der Waals surface area contributed by atoms with Gasteiger partial charge in [-0.15, -0.1) is 0 Å². The maximum absolute atomic E-state index is 12.6. The van der Waals surface area contributed by atoms with Crippen LogP contribution in [0.3, 0.4) is 0 Å². The molecule has 0 aromatic heterocycles. The van der Waals surface area contributed by atoms with Gasteiger partial charge in [0.2, 0.25) is 6.79 Å². The van der Waals surface area contributed by atoms with Gasteiger partial charge in [-0.3, -0.25) is 4.79 Å². The fraction of sp³-hybridized carbons (Fsp3) is 0.192. The second-order valence-electron chi connectivity index (χ2n) is 7.96. The van der Waals surface area contributed by atoms with E-state index in [1.165, 1.54) is 17.3 Å². The number of benzene rings is 3. The Balaban J connectivity index is 1.25. The molecule has 180 valence electrons. The summed E-state index contributed by atoms with van der Waals surface area (Å²) in [5.74, 6) is 2.15. The molecule has 1 amide bonds. The molecule has 3 aromatic carbocycles. The van der Waals surface area contributed by atoms with E-state index in [2.05, 4.69) is 68.2 Å². The monoisotopic (exact) mass is 664 g/mol. The molecule has 3 aromatic rings. The number of carbonyl (C=O) groups excluding carboxylic acids is 1. The maximum atomic E-state index is 12.6. The lowest BCUT2D eigenvalue weighted by atomic mass is 10.1. The summed E-state index contributed by atoms with van der Waals surface area (Å²) in [6.45, 7) is 2.78. The first kappa shape index (κ1) is 24.3. The van der Waals surface area contributed by atoms with E-state index in [-0.39, 0.29) is 18.2 Å². The summed E-state index contributed by atoms with van der Waals surface area (Å²) >= 11 is 7.35. The van der Waals surface area contributed by atoms with E-state index in [0.29, 0.717) is 11.5 Å². The lowest BCUT2D eigenvalue weighted by Crippen LogP contribution is -2.30. The molecule has 2 aliphatic rings. The van der Waals surface area contributed by atoms with Crippen molar-refractivity contribution in [3.05, 3.63) is 84.2 Å². The highest BCUT2D eigenvalue weighted by atomic mass is 127. The molecule has 6 nitrogen and oxygen atoms in total. The third kappa shape index (κ3) is 5.73. The molecule has 0 bridgehead atoms. The number of thioether (sulfide) groups is 1. The third-order valence-corrected chi connectivity index (χ3v) is 7.95. The summed E-state index contributed by atoms with van der Waals surface area (Å²) in [5.41, 5.74) is 3.95. The zero-order valence-corrected chi connectivity index (χ0v) is 23.3. The van der Waals surface area contributed by atoms with Gasteiger partial charge in [-0.1, -0.05) is 36.9 Å². The summed E-state index contributed by atoms with van der Waals surface area (Å²) < 4.78 is 18.7. The Morgan fingerprint density at radius 2 is 1.91 bits per heavy atom. The standard InChI is InChI=1S/C26H22BrIN2O4S/c1-2-15-3-6-18(7-4-15)29-26-30-25(31)23(35-26)12-17-9-19(27)24(20(28)10-17)32-13-16-5-8-21-22(11-16)34-14-33-21/h3-12,26,29H,2,13-14H2,1H3,(H,30,31)/b23-12-/t26-/m1/s1. The Labute approximate surface area is 230 Å². The summed E-state index contributed by atoms with van der Waals surface area (Å²) in [5, 5.41) is 6.35. The fourth-order valence-corrected chi connectivity index (χ4v) is 6.45. The van der Waals surface area contributed by atoms with Crippen molar-refractivity contribution in [3.8, 4) is 17.2 Å². The molecule has 1 atom stereocenters. The van der Waals surface area contributed by atoms with Crippen molar-refractivity contribution in [2.75, 3.05) is 12.1 Å². The Hall–Kier alpha value is -2.37. The van der Waals surface area contributed by atoms with E-state index >= 15 is 0 Å². The molecule has 35 heavy (non-hydrogen) atoms. The predicted molar refractivity (Wildman–Crippen MR) is 151 cm³/mol. The third-order valence-electron chi connectivity index (χ3n) is 5.53. The molecule has 0 aliphatic carbocycles. The average Bonchev–Trinajstić information content (AvgIpc) is 3.44. The number of anilines is 1. The van der Waals surface area contributed by atoms with Crippen molar-refractivity contribution in [1.82, 2.24) is 5.32 Å². The van der Waals surface area contributed by atoms with Gasteiger partial charge in [0.05, 0.1) is 12.9 Å². The van der Waals surface area contributed by atoms with Crippen molar-refractivity contribution in [3.63, 3.8) is 0 Å². The second kappa shape index (κ2) is 10.7. The van der Waals surface area contributed by atoms with Crippen LogP contribution in [0.25, 0.3) is 6.08 Å². The minimum atomic E-state index is -0.215. The van der Waals surface area contributed by atoms with E-state index in [9.17, 15) is 4.79 Å². The molecular weight excluding hydrogens is 643 g/mol. The van der Waals surface area contributed by atoms with Gasteiger partial charge in [0.25, 0.3) is 5.91 Å². The minimum absolute atomic E-state index is 0.0908. The van der Waals surface area contributed by atoms with Gasteiger partial charge in [0.15, 0.2) is 17.0 Å². The zero-order chi connectivity index (χ0) is 24.4. The van der Waals surface area contributed by atoms with Gasteiger partial charge >= 0.3 is 0 Å². The Morgan fingerprint density at radius 1 is 1.14 bits per heavy atom. The number of hydrogen-bond acceptors (Lipinski definition) is 6.